The second-order valence-electron chi connectivity index (χ2n) is 6.71. The van der Waals surface area contributed by atoms with Gasteiger partial charge >= 0.3 is 5.97 Å². The van der Waals surface area contributed by atoms with Gasteiger partial charge in [0.15, 0.2) is 0 Å². The zero-order valence-corrected chi connectivity index (χ0v) is 14.8. The van der Waals surface area contributed by atoms with Crippen molar-refractivity contribution >= 4 is 17.5 Å². The van der Waals surface area contributed by atoms with Gasteiger partial charge in [-0.1, -0.05) is 56.3 Å². The lowest BCUT2D eigenvalue weighted by Gasteiger charge is -2.28. The van der Waals surface area contributed by atoms with Gasteiger partial charge in [-0.3, -0.25) is 14.4 Å². The maximum Gasteiger partial charge on any atom is 0.304 e. The fourth-order valence-corrected chi connectivity index (χ4v) is 3.41. The van der Waals surface area contributed by atoms with E-state index in [9.17, 15) is 14.4 Å². The molecule has 2 aromatic carbocycles. The first-order valence-corrected chi connectivity index (χ1v) is 8.28. The monoisotopic (exact) mass is 336 g/mol. The summed E-state index contributed by atoms with van der Waals surface area (Å²) in [6, 6.07) is 12.1. The van der Waals surface area contributed by atoms with Gasteiger partial charge in [0.05, 0.1) is 0 Å². The van der Waals surface area contributed by atoms with Crippen molar-refractivity contribution in [3.63, 3.8) is 0 Å². The van der Waals surface area contributed by atoms with E-state index in [1.165, 1.54) is 6.92 Å². The number of rotatable bonds is 3. The average molecular weight is 336 g/mol. The molecule has 0 atom stereocenters. The minimum absolute atomic E-state index is 0.293. The zero-order chi connectivity index (χ0) is 18.4. The number of esters is 1. The molecule has 0 aliphatic heterocycles. The first kappa shape index (κ1) is 17.1. The van der Waals surface area contributed by atoms with Crippen molar-refractivity contribution in [2.75, 3.05) is 0 Å². The highest BCUT2D eigenvalue weighted by atomic mass is 16.6. The molecule has 4 nitrogen and oxygen atoms in total. The number of ketones is 2. The molecule has 0 saturated heterocycles. The number of hydrogen-bond acceptors (Lipinski definition) is 4. The molecule has 0 radical (unpaired) electrons. The van der Waals surface area contributed by atoms with Crippen LogP contribution < -0.4 is 0 Å². The largest absolute Gasteiger partial charge is 0.437 e. The van der Waals surface area contributed by atoms with Crippen molar-refractivity contribution in [3.05, 3.63) is 70.3 Å². The van der Waals surface area contributed by atoms with Gasteiger partial charge in [0, 0.05) is 23.6 Å². The molecule has 0 bridgehead atoms. The predicted octanol–water partition coefficient (Wildman–Crippen LogP) is 3.96. The number of Topliss-reactive ketones (excluding diaryl/α,β-unsaturated/α-hetero) is 2. The van der Waals surface area contributed by atoms with Gasteiger partial charge < -0.3 is 4.74 Å². The third-order valence-corrected chi connectivity index (χ3v) is 4.65. The first-order chi connectivity index (χ1) is 11.8. The Bertz CT molecular complexity index is 858. The summed E-state index contributed by atoms with van der Waals surface area (Å²) in [4.78, 5) is 38.1. The van der Waals surface area contributed by atoms with Crippen LogP contribution in [0.3, 0.4) is 0 Å². The topological polar surface area (TPSA) is 60.4 Å². The number of benzene rings is 2. The van der Waals surface area contributed by atoms with Crippen LogP contribution in [0, 0.1) is 6.92 Å². The SMILES string of the molecule is CC(=O)OC1(c2ccc(C(C)C)cc2C)C(=O)c2ccccc2C1=O. The van der Waals surface area contributed by atoms with Crippen molar-refractivity contribution < 1.29 is 19.1 Å². The average Bonchev–Trinajstić information content (AvgIpc) is 2.77. The standard InChI is InChI=1S/C21H20O4/c1-12(2)15-9-10-18(13(3)11-15)21(25-14(4)22)19(23)16-7-5-6-8-17(16)20(21)24/h5-12H,1-4H3. The van der Waals surface area contributed by atoms with Gasteiger partial charge in [-0.15, -0.1) is 0 Å². The van der Waals surface area contributed by atoms with Crippen LogP contribution in [-0.4, -0.2) is 17.5 Å². The summed E-state index contributed by atoms with van der Waals surface area (Å²) in [7, 11) is 0. The van der Waals surface area contributed by atoms with Crippen LogP contribution in [0.25, 0.3) is 0 Å². The lowest BCUT2D eigenvalue weighted by atomic mass is 9.84. The molecule has 0 saturated carbocycles. The summed E-state index contributed by atoms with van der Waals surface area (Å²) in [5.74, 6) is -1.32. The Labute approximate surface area is 146 Å². The number of ether oxygens (including phenoxy) is 1. The summed E-state index contributed by atoms with van der Waals surface area (Å²) < 4.78 is 5.44. The van der Waals surface area contributed by atoms with E-state index in [2.05, 4.69) is 13.8 Å². The van der Waals surface area contributed by atoms with Crippen molar-refractivity contribution in [1.29, 1.82) is 0 Å². The molecule has 4 heteroatoms. The van der Waals surface area contributed by atoms with Crippen LogP contribution in [0.5, 0.6) is 0 Å². The second-order valence-corrected chi connectivity index (χ2v) is 6.71. The Morgan fingerprint density at radius 2 is 1.56 bits per heavy atom. The molecule has 1 aliphatic carbocycles. The van der Waals surface area contributed by atoms with Gasteiger partial charge in [0.1, 0.15) is 0 Å². The van der Waals surface area contributed by atoms with Gasteiger partial charge in [0.25, 0.3) is 5.60 Å². The van der Waals surface area contributed by atoms with Crippen LogP contribution in [-0.2, 0) is 15.1 Å². The second kappa shape index (κ2) is 5.96. The van der Waals surface area contributed by atoms with Crippen molar-refractivity contribution in [2.45, 2.75) is 39.2 Å². The Morgan fingerprint density at radius 3 is 2.00 bits per heavy atom. The lowest BCUT2D eigenvalue weighted by molar-refractivity contribution is -0.149. The number of hydrogen-bond donors (Lipinski definition) is 0. The van der Waals surface area contributed by atoms with Crippen molar-refractivity contribution in [1.82, 2.24) is 0 Å². The molecule has 128 valence electrons. The number of fused-ring (bicyclic) bond motifs is 1. The minimum atomic E-state index is -1.92. The molecule has 0 fully saturated rings. The maximum absolute atomic E-state index is 13.1. The zero-order valence-electron chi connectivity index (χ0n) is 14.8. The van der Waals surface area contributed by atoms with Gasteiger partial charge in [-0.05, 0) is 24.0 Å². The van der Waals surface area contributed by atoms with E-state index in [0.717, 1.165) is 11.1 Å². The smallest absolute Gasteiger partial charge is 0.304 e. The van der Waals surface area contributed by atoms with Crippen LogP contribution in [0.4, 0.5) is 0 Å². The Morgan fingerprint density at radius 1 is 1.00 bits per heavy atom. The Kier molecular flexibility index (Phi) is 4.07. The van der Waals surface area contributed by atoms with Crippen LogP contribution >= 0.6 is 0 Å². The summed E-state index contributed by atoms with van der Waals surface area (Å²) in [5, 5.41) is 0. The number of aryl methyl sites for hydroxylation is 1. The Balaban J connectivity index is 2.25. The fourth-order valence-electron chi connectivity index (χ4n) is 3.41. The third kappa shape index (κ3) is 2.49. The molecule has 0 aromatic heterocycles. The first-order valence-electron chi connectivity index (χ1n) is 8.28. The Hall–Kier alpha value is -2.75. The molecule has 0 amide bonds. The molecule has 3 rings (SSSR count). The van der Waals surface area contributed by atoms with Crippen LogP contribution in [0.15, 0.2) is 42.5 Å². The molecule has 25 heavy (non-hydrogen) atoms. The molecular weight excluding hydrogens is 316 g/mol. The van der Waals surface area contributed by atoms with Gasteiger partial charge in [0.2, 0.25) is 11.6 Å². The minimum Gasteiger partial charge on any atom is -0.437 e. The van der Waals surface area contributed by atoms with Crippen LogP contribution in [0.1, 0.15) is 64.1 Å². The molecule has 2 aromatic rings. The normalized spacial score (nSPS) is 15.4. The maximum atomic E-state index is 13.1. The summed E-state index contributed by atoms with van der Waals surface area (Å²) in [5.41, 5.74) is 0.937. The van der Waals surface area contributed by atoms with Crippen molar-refractivity contribution in [3.8, 4) is 0 Å². The van der Waals surface area contributed by atoms with Crippen molar-refractivity contribution in [2.24, 2.45) is 0 Å². The van der Waals surface area contributed by atoms with E-state index in [0.29, 0.717) is 22.6 Å². The molecule has 0 heterocycles. The highest BCUT2D eigenvalue weighted by molar-refractivity contribution is 6.32. The van der Waals surface area contributed by atoms with Gasteiger partial charge in [-0.2, -0.15) is 0 Å². The number of carbonyl (C=O) groups excluding carboxylic acids is 3. The molecule has 0 N–H and O–H groups in total. The molecule has 0 spiro atoms. The predicted molar refractivity (Wildman–Crippen MR) is 93.8 cm³/mol. The quantitative estimate of drug-likeness (QED) is 0.629. The highest BCUT2D eigenvalue weighted by Crippen LogP contribution is 2.42. The highest BCUT2D eigenvalue weighted by Gasteiger charge is 2.57. The summed E-state index contributed by atoms with van der Waals surface area (Å²) in [6.45, 7) is 7.18. The van der Waals surface area contributed by atoms with E-state index >= 15 is 0 Å². The molecule has 0 unspecified atom stereocenters. The number of carbonyl (C=O) groups is 3. The summed E-state index contributed by atoms with van der Waals surface area (Å²) >= 11 is 0. The van der Waals surface area contributed by atoms with E-state index in [4.69, 9.17) is 4.74 Å². The molecule has 1 aliphatic rings. The summed E-state index contributed by atoms with van der Waals surface area (Å²) in [6.07, 6.45) is 0. The fraction of sp³-hybridized carbons (Fsp3) is 0.286. The van der Waals surface area contributed by atoms with Crippen LogP contribution in [0.2, 0.25) is 0 Å². The van der Waals surface area contributed by atoms with E-state index in [1.807, 2.05) is 19.1 Å². The lowest BCUT2D eigenvalue weighted by Crippen LogP contribution is -2.43. The molecular formula is C21H20O4. The van der Waals surface area contributed by atoms with Gasteiger partial charge in [-0.25, -0.2) is 0 Å². The van der Waals surface area contributed by atoms with E-state index in [-0.39, 0.29) is 0 Å². The van der Waals surface area contributed by atoms with E-state index < -0.39 is 23.1 Å². The van der Waals surface area contributed by atoms with E-state index in [1.54, 1.807) is 30.3 Å². The third-order valence-electron chi connectivity index (χ3n) is 4.65.